The molecule has 1 aromatic heterocycles. The summed E-state index contributed by atoms with van der Waals surface area (Å²) in [6, 6.07) is 28.4. The number of carbonyl (C=O) groups excluding carboxylic acids is 1. The van der Waals surface area contributed by atoms with Crippen molar-refractivity contribution in [2.24, 2.45) is 0 Å². The van der Waals surface area contributed by atoms with Gasteiger partial charge in [-0.1, -0.05) is 91.6 Å². The van der Waals surface area contributed by atoms with E-state index in [1.165, 1.54) is 16.7 Å². The smallest absolute Gasteiger partial charge is 0.266 e. The Morgan fingerprint density at radius 1 is 1.00 bits per heavy atom. The van der Waals surface area contributed by atoms with Gasteiger partial charge in [0.15, 0.2) is 0 Å². The molecule has 4 nitrogen and oxygen atoms in total. The van der Waals surface area contributed by atoms with Crippen LogP contribution in [0.2, 0.25) is 0 Å². The van der Waals surface area contributed by atoms with E-state index in [1.54, 1.807) is 4.90 Å². The molecule has 4 aromatic rings. The third kappa shape index (κ3) is 5.59. The highest BCUT2D eigenvalue weighted by atomic mass is 32.2. The second-order valence-corrected chi connectivity index (χ2v) is 11.6. The Balaban J connectivity index is 1.51. The highest BCUT2D eigenvalue weighted by Crippen LogP contribution is 2.39. The summed E-state index contributed by atoms with van der Waals surface area (Å²) in [6.45, 7) is 4.20. The van der Waals surface area contributed by atoms with Gasteiger partial charge in [0.2, 0.25) is 0 Å². The Bertz CT molecular complexity index is 1430. The fourth-order valence-electron chi connectivity index (χ4n) is 4.19. The summed E-state index contributed by atoms with van der Waals surface area (Å²) in [4.78, 5) is 17.1. The molecule has 0 aliphatic carbocycles. The quantitative estimate of drug-likeness (QED) is 0.128. The van der Waals surface area contributed by atoms with Crippen molar-refractivity contribution in [3.8, 4) is 16.9 Å². The number of benzene rings is 3. The van der Waals surface area contributed by atoms with Crippen LogP contribution in [-0.2, 0) is 4.79 Å². The molecule has 1 aliphatic rings. The number of amides is 1. The molecule has 1 aliphatic heterocycles. The lowest BCUT2D eigenvalue weighted by molar-refractivity contribution is -0.123. The van der Waals surface area contributed by atoms with E-state index in [9.17, 15) is 4.79 Å². The summed E-state index contributed by atoms with van der Waals surface area (Å²) in [5.41, 5.74) is 4.74. The minimum Gasteiger partial charge on any atom is -0.286 e. The van der Waals surface area contributed by atoms with E-state index < -0.39 is 0 Å². The maximum Gasteiger partial charge on any atom is 0.266 e. The monoisotopic (exact) mass is 541 g/mol. The van der Waals surface area contributed by atoms with Gasteiger partial charge in [-0.2, -0.15) is 5.10 Å². The summed E-state index contributed by atoms with van der Waals surface area (Å²) in [6.07, 6.45) is 5.05. The SMILES string of the molecule is CCCSc1ccc(-c2nn(-c3ccccc3)cc2C=C2SC(=S)N(C(C)c3ccccc3)C2=O)cc1. The number of hydrogen-bond acceptors (Lipinski definition) is 5. The molecule has 3 aromatic carbocycles. The van der Waals surface area contributed by atoms with E-state index in [-0.39, 0.29) is 11.9 Å². The number of thiocarbonyl (C=S) groups is 1. The van der Waals surface area contributed by atoms with Crippen LogP contribution in [0.15, 0.2) is 101 Å². The van der Waals surface area contributed by atoms with E-state index in [2.05, 4.69) is 31.2 Å². The Labute approximate surface area is 231 Å². The maximum absolute atomic E-state index is 13.5. The van der Waals surface area contributed by atoms with Crippen LogP contribution in [0.5, 0.6) is 0 Å². The first-order chi connectivity index (χ1) is 18.0. The van der Waals surface area contributed by atoms with Crippen molar-refractivity contribution in [3.63, 3.8) is 0 Å². The van der Waals surface area contributed by atoms with E-state index in [0.717, 1.165) is 40.2 Å². The minimum absolute atomic E-state index is 0.0731. The summed E-state index contributed by atoms with van der Waals surface area (Å²) < 4.78 is 2.44. The highest BCUT2D eigenvalue weighted by Gasteiger charge is 2.36. The van der Waals surface area contributed by atoms with Crippen molar-refractivity contribution >= 4 is 52.0 Å². The highest BCUT2D eigenvalue weighted by molar-refractivity contribution is 8.26. The number of hydrogen-bond donors (Lipinski definition) is 0. The number of rotatable bonds is 8. The van der Waals surface area contributed by atoms with E-state index in [4.69, 9.17) is 17.3 Å². The van der Waals surface area contributed by atoms with Crippen LogP contribution in [0.3, 0.4) is 0 Å². The topological polar surface area (TPSA) is 38.1 Å². The Kier molecular flexibility index (Phi) is 7.93. The lowest BCUT2D eigenvalue weighted by Crippen LogP contribution is -2.30. The van der Waals surface area contributed by atoms with Crippen LogP contribution >= 0.6 is 35.7 Å². The largest absolute Gasteiger partial charge is 0.286 e. The lowest BCUT2D eigenvalue weighted by Gasteiger charge is -2.23. The van der Waals surface area contributed by atoms with Crippen molar-refractivity contribution in [2.45, 2.75) is 31.2 Å². The van der Waals surface area contributed by atoms with Crippen molar-refractivity contribution < 1.29 is 4.79 Å². The Morgan fingerprint density at radius 3 is 2.35 bits per heavy atom. The molecule has 0 radical (unpaired) electrons. The van der Waals surface area contributed by atoms with Crippen LogP contribution in [-0.4, -0.2) is 30.7 Å². The van der Waals surface area contributed by atoms with Crippen LogP contribution in [0, 0.1) is 0 Å². The molecule has 1 amide bonds. The Morgan fingerprint density at radius 2 is 1.68 bits per heavy atom. The number of carbonyl (C=O) groups is 1. The molecule has 0 bridgehead atoms. The number of nitrogens with zero attached hydrogens (tertiary/aromatic N) is 3. The zero-order valence-electron chi connectivity index (χ0n) is 20.7. The molecule has 7 heteroatoms. The Hall–Kier alpha value is -3.13. The third-order valence-corrected chi connectivity index (χ3v) is 8.69. The maximum atomic E-state index is 13.5. The van der Waals surface area contributed by atoms with Gasteiger partial charge < -0.3 is 0 Å². The average Bonchev–Trinajstić information content (AvgIpc) is 3.48. The summed E-state index contributed by atoms with van der Waals surface area (Å²) >= 11 is 8.85. The predicted molar refractivity (Wildman–Crippen MR) is 160 cm³/mol. The fraction of sp³-hybridized carbons (Fsp3) is 0.167. The van der Waals surface area contributed by atoms with E-state index in [0.29, 0.717) is 9.23 Å². The van der Waals surface area contributed by atoms with Crippen molar-refractivity contribution in [1.29, 1.82) is 0 Å². The van der Waals surface area contributed by atoms with E-state index in [1.807, 2.05) is 96.3 Å². The van der Waals surface area contributed by atoms with Crippen LogP contribution in [0.25, 0.3) is 23.0 Å². The van der Waals surface area contributed by atoms with Gasteiger partial charge in [-0.25, -0.2) is 4.68 Å². The first-order valence-electron chi connectivity index (χ1n) is 12.3. The molecule has 5 rings (SSSR count). The molecule has 1 unspecified atom stereocenters. The zero-order valence-corrected chi connectivity index (χ0v) is 23.2. The van der Waals surface area contributed by atoms with Gasteiger partial charge >= 0.3 is 0 Å². The van der Waals surface area contributed by atoms with Crippen molar-refractivity contribution in [3.05, 3.63) is 107 Å². The molecule has 1 saturated heterocycles. The van der Waals surface area contributed by atoms with Crippen LogP contribution < -0.4 is 0 Å². The first kappa shape index (κ1) is 25.5. The molecular formula is C30H27N3OS3. The molecule has 1 fully saturated rings. The molecule has 0 N–H and O–H groups in total. The molecule has 186 valence electrons. The molecule has 2 heterocycles. The molecule has 37 heavy (non-hydrogen) atoms. The van der Waals surface area contributed by atoms with Gasteiger partial charge in [0.25, 0.3) is 5.91 Å². The van der Waals surface area contributed by atoms with Gasteiger partial charge in [0.1, 0.15) is 4.32 Å². The standard InChI is InChI=1S/C30H27N3OS3/c1-3-18-36-26-16-14-23(15-17-26)28-24(20-32(31-28)25-12-8-5-9-13-25)19-27-29(34)33(30(35)37-27)21(2)22-10-6-4-7-11-22/h4-17,19-21H,3,18H2,1-2H3. The molecular weight excluding hydrogens is 515 g/mol. The number of thioether (sulfide) groups is 2. The zero-order chi connectivity index (χ0) is 25.8. The van der Waals surface area contributed by atoms with Crippen molar-refractivity contribution in [2.75, 3.05) is 5.75 Å². The minimum atomic E-state index is -0.140. The van der Waals surface area contributed by atoms with Gasteiger partial charge in [-0.3, -0.25) is 9.69 Å². The number of aromatic nitrogens is 2. The normalized spacial score (nSPS) is 15.5. The summed E-state index contributed by atoms with van der Waals surface area (Å²) in [5.74, 6) is 1.02. The van der Waals surface area contributed by atoms with Gasteiger partial charge in [0.05, 0.1) is 22.3 Å². The van der Waals surface area contributed by atoms with Crippen LogP contribution in [0.1, 0.15) is 37.4 Å². The first-order valence-corrected chi connectivity index (χ1v) is 14.5. The predicted octanol–water partition coefficient (Wildman–Crippen LogP) is 8.00. The van der Waals surface area contributed by atoms with E-state index >= 15 is 0 Å². The average molecular weight is 542 g/mol. The number of para-hydroxylation sites is 1. The second kappa shape index (κ2) is 11.5. The summed E-state index contributed by atoms with van der Waals surface area (Å²) in [5, 5.41) is 4.93. The molecule has 0 saturated carbocycles. The molecule has 1 atom stereocenters. The van der Waals surface area contributed by atoms with Crippen LogP contribution in [0.4, 0.5) is 0 Å². The molecule has 0 spiro atoms. The summed E-state index contributed by atoms with van der Waals surface area (Å²) in [7, 11) is 0. The third-order valence-electron chi connectivity index (χ3n) is 6.14. The van der Waals surface area contributed by atoms with Gasteiger partial charge in [0, 0.05) is 22.2 Å². The van der Waals surface area contributed by atoms with Gasteiger partial charge in [-0.05, 0) is 55.0 Å². The fourth-order valence-corrected chi connectivity index (χ4v) is 6.37. The van der Waals surface area contributed by atoms with Gasteiger partial charge in [-0.15, -0.1) is 11.8 Å². The van der Waals surface area contributed by atoms with Crippen molar-refractivity contribution in [1.82, 2.24) is 14.7 Å². The lowest BCUT2D eigenvalue weighted by atomic mass is 10.1. The second-order valence-electron chi connectivity index (χ2n) is 8.72.